The quantitative estimate of drug-likeness (QED) is 0.807. The lowest BCUT2D eigenvalue weighted by Gasteiger charge is -2.11. The molecule has 1 N–H and O–H groups in total. The number of amides is 1. The summed E-state index contributed by atoms with van der Waals surface area (Å²) in [5.41, 5.74) is -0.876. The average Bonchev–Trinajstić information content (AvgIpc) is 2.75. The van der Waals surface area contributed by atoms with Crippen molar-refractivity contribution in [3.63, 3.8) is 0 Å². The zero-order valence-corrected chi connectivity index (χ0v) is 12.2. The molecule has 6 nitrogen and oxygen atoms in total. The third-order valence-corrected chi connectivity index (χ3v) is 4.87. The summed E-state index contributed by atoms with van der Waals surface area (Å²) in [5.74, 6) is -4.40. The molecule has 0 saturated carbocycles. The average molecular weight is 333 g/mol. The molecule has 9 heteroatoms. The van der Waals surface area contributed by atoms with Gasteiger partial charge in [-0.3, -0.25) is 4.79 Å². The van der Waals surface area contributed by atoms with Crippen LogP contribution in [0.25, 0.3) is 0 Å². The second kappa shape index (κ2) is 6.39. The van der Waals surface area contributed by atoms with Crippen molar-refractivity contribution in [3.05, 3.63) is 35.4 Å². The number of sulfone groups is 1. The maximum atomic E-state index is 13.3. The van der Waals surface area contributed by atoms with E-state index in [1.807, 2.05) is 0 Å². The SMILES string of the molecule is O=C(COC(=O)c1c(F)cccc1F)NC1CCS(=O)(=O)C1. The zero-order valence-electron chi connectivity index (χ0n) is 11.3. The summed E-state index contributed by atoms with van der Waals surface area (Å²) in [6.45, 7) is -0.747. The van der Waals surface area contributed by atoms with Crippen LogP contribution in [0.5, 0.6) is 0 Å². The number of rotatable bonds is 4. The second-order valence-electron chi connectivity index (χ2n) is 4.84. The first-order valence-corrected chi connectivity index (χ1v) is 8.21. The van der Waals surface area contributed by atoms with Crippen LogP contribution >= 0.6 is 0 Å². The largest absolute Gasteiger partial charge is 0.452 e. The number of esters is 1. The van der Waals surface area contributed by atoms with E-state index in [1.54, 1.807) is 0 Å². The van der Waals surface area contributed by atoms with Crippen molar-refractivity contribution in [2.45, 2.75) is 12.5 Å². The summed E-state index contributed by atoms with van der Waals surface area (Å²) < 4.78 is 53.7. The van der Waals surface area contributed by atoms with Crippen molar-refractivity contribution in [2.75, 3.05) is 18.1 Å². The van der Waals surface area contributed by atoms with Gasteiger partial charge >= 0.3 is 5.97 Å². The lowest BCUT2D eigenvalue weighted by molar-refractivity contribution is -0.124. The number of ether oxygens (including phenoxy) is 1. The minimum absolute atomic E-state index is 0.0157. The molecule has 1 unspecified atom stereocenters. The minimum atomic E-state index is -3.15. The highest BCUT2D eigenvalue weighted by Gasteiger charge is 2.29. The van der Waals surface area contributed by atoms with Crippen molar-refractivity contribution >= 4 is 21.7 Å². The van der Waals surface area contributed by atoms with E-state index in [0.717, 1.165) is 18.2 Å². The van der Waals surface area contributed by atoms with Gasteiger partial charge in [0.2, 0.25) is 0 Å². The molecule has 1 amide bonds. The highest BCUT2D eigenvalue weighted by atomic mass is 32.2. The lowest BCUT2D eigenvalue weighted by Crippen LogP contribution is -2.38. The maximum Gasteiger partial charge on any atom is 0.344 e. The Labute approximate surface area is 125 Å². The monoisotopic (exact) mass is 333 g/mol. The molecule has 1 fully saturated rings. The Bertz CT molecular complexity index is 684. The van der Waals surface area contributed by atoms with Crippen LogP contribution in [0.15, 0.2) is 18.2 Å². The summed E-state index contributed by atoms with van der Waals surface area (Å²) in [4.78, 5) is 23.1. The molecule has 1 aliphatic rings. The summed E-state index contributed by atoms with van der Waals surface area (Å²) in [6, 6.07) is 2.34. The van der Waals surface area contributed by atoms with Crippen LogP contribution in [0.4, 0.5) is 8.78 Å². The van der Waals surface area contributed by atoms with Gasteiger partial charge in [0.15, 0.2) is 16.4 Å². The van der Waals surface area contributed by atoms with Gasteiger partial charge in [-0.25, -0.2) is 22.0 Å². The number of hydrogen-bond donors (Lipinski definition) is 1. The van der Waals surface area contributed by atoms with Crippen molar-refractivity contribution in [3.8, 4) is 0 Å². The molecule has 0 spiro atoms. The Kier molecular flexibility index (Phi) is 4.74. The molecule has 0 bridgehead atoms. The van der Waals surface area contributed by atoms with E-state index in [0.29, 0.717) is 0 Å². The number of benzene rings is 1. The van der Waals surface area contributed by atoms with Gasteiger partial charge in [-0.1, -0.05) is 6.07 Å². The summed E-state index contributed by atoms with van der Waals surface area (Å²) >= 11 is 0. The molecular formula is C13H13F2NO5S. The van der Waals surface area contributed by atoms with E-state index in [4.69, 9.17) is 0 Å². The van der Waals surface area contributed by atoms with Gasteiger partial charge in [0, 0.05) is 6.04 Å². The molecule has 1 aliphatic heterocycles. The van der Waals surface area contributed by atoms with E-state index in [-0.39, 0.29) is 17.9 Å². The van der Waals surface area contributed by atoms with Crippen LogP contribution in [0, 0.1) is 11.6 Å². The standard InChI is InChI=1S/C13H13F2NO5S/c14-9-2-1-3-10(15)12(9)13(18)21-6-11(17)16-8-4-5-22(19,20)7-8/h1-3,8H,4-7H2,(H,16,17). The first kappa shape index (κ1) is 16.3. The fraction of sp³-hybridized carbons (Fsp3) is 0.385. The van der Waals surface area contributed by atoms with Gasteiger partial charge in [-0.05, 0) is 18.6 Å². The molecular weight excluding hydrogens is 320 g/mol. The molecule has 0 aromatic heterocycles. The third kappa shape index (κ3) is 4.00. The van der Waals surface area contributed by atoms with Crippen LogP contribution < -0.4 is 5.32 Å². The Morgan fingerprint density at radius 2 is 1.91 bits per heavy atom. The number of halogens is 2. The van der Waals surface area contributed by atoms with Crippen LogP contribution in [0.2, 0.25) is 0 Å². The minimum Gasteiger partial charge on any atom is -0.452 e. The Hall–Kier alpha value is -2.03. The van der Waals surface area contributed by atoms with Gasteiger partial charge in [-0.2, -0.15) is 0 Å². The van der Waals surface area contributed by atoms with Gasteiger partial charge in [0.05, 0.1) is 11.5 Å². The molecule has 1 atom stereocenters. The molecule has 0 radical (unpaired) electrons. The summed E-state index contributed by atoms with van der Waals surface area (Å²) in [5, 5.41) is 2.39. The number of carbonyl (C=O) groups is 2. The fourth-order valence-electron chi connectivity index (χ4n) is 2.07. The van der Waals surface area contributed by atoms with E-state index in [9.17, 15) is 26.8 Å². The van der Waals surface area contributed by atoms with Gasteiger partial charge in [0.25, 0.3) is 5.91 Å². The van der Waals surface area contributed by atoms with Crippen molar-refractivity contribution in [1.82, 2.24) is 5.32 Å². The number of carbonyl (C=O) groups excluding carboxylic acids is 2. The van der Waals surface area contributed by atoms with Gasteiger partial charge in [-0.15, -0.1) is 0 Å². The highest BCUT2D eigenvalue weighted by molar-refractivity contribution is 7.91. The molecule has 0 aliphatic carbocycles. The topological polar surface area (TPSA) is 89.5 Å². The Morgan fingerprint density at radius 1 is 1.27 bits per heavy atom. The number of nitrogens with one attached hydrogen (secondary N) is 1. The lowest BCUT2D eigenvalue weighted by atomic mass is 10.2. The van der Waals surface area contributed by atoms with E-state index in [2.05, 4.69) is 10.1 Å². The van der Waals surface area contributed by atoms with Gasteiger partial charge < -0.3 is 10.1 Å². The molecule has 22 heavy (non-hydrogen) atoms. The first-order valence-electron chi connectivity index (χ1n) is 6.39. The van der Waals surface area contributed by atoms with Crippen LogP contribution in [0.3, 0.4) is 0 Å². The Morgan fingerprint density at radius 3 is 2.45 bits per heavy atom. The van der Waals surface area contributed by atoms with Crippen LogP contribution in [-0.2, 0) is 19.4 Å². The predicted molar refractivity (Wildman–Crippen MR) is 71.8 cm³/mol. The Balaban J connectivity index is 1.88. The van der Waals surface area contributed by atoms with E-state index >= 15 is 0 Å². The molecule has 120 valence electrons. The highest BCUT2D eigenvalue weighted by Crippen LogP contribution is 2.13. The number of hydrogen-bond acceptors (Lipinski definition) is 5. The van der Waals surface area contributed by atoms with E-state index in [1.165, 1.54) is 0 Å². The second-order valence-corrected chi connectivity index (χ2v) is 7.07. The third-order valence-electron chi connectivity index (χ3n) is 3.10. The first-order chi connectivity index (χ1) is 10.3. The molecule has 1 heterocycles. The maximum absolute atomic E-state index is 13.3. The summed E-state index contributed by atoms with van der Waals surface area (Å²) in [6.07, 6.45) is 0.282. The van der Waals surface area contributed by atoms with Crippen molar-refractivity contribution in [2.24, 2.45) is 0 Å². The normalized spacial score (nSPS) is 19.6. The van der Waals surface area contributed by atoms with E-state index < -0.39 is 51.6 Å². The fourth-order valence-corrected chi connectivity index (χ4v) is 3.75. The zero-order chi connectivity index (χ0) is 16.3. The smallest absolute Gasteiger partial charge is 0.344 e. The predicted octanol–water partition coefficient (Wildman–Crippen LogP) is 0.425. The van der Waals surface area contributed by atoms with Crippen molar-refractivity contribution in [1.29, 1.82) is 0 Å². The van der Waals surface area contributed by atoms with Gasteiger partial charge in [0.1, 0.15) is 17.2 Å². The van der Waals surface area contributed by atoms with Crippen molar-refractivity contribution < 1.29 is 31.5 Å². The molecule has 1 aromatic rings. The molecule has 1 aromatic carbocycles. The van der Waals surface area contributed by atoms with Crippen LogP contribution in [0.1, 0.15) is 16.8 Å². The summed E-state index contributed by atoms with van der Waals surface area (Å²) in [7, 11) is -3.15. The molecule has 2 rings (SSSR count). The van der Waals surface area contributed by atoms with Crippen LogP contribution in [-0.4, -0.2) is 44.4 Å². The molecule has 1 saturated heterocycles.